The number of hydrogen-bond donors (Lipinski definition) is 2. The van der Waals surface area contributed by atoms with Crippen molar-refractivity contribution < 1.29 is 23.1 Å². The fourth-order valence-corrected chi connectivity index (χ4v) is 4.56. The molecule has 1 amide bonds. The van der Waals surface area contributed by atoms with Gasteiger partial charge in [0.2, 0.25) is 10.0 Å². The quantitative estimate of drug-likeness (QED) is 0.554. The SMILES string of the molecule is COc1ccc(O)c(/C(C)=N/NC(=O)c2ccc(S(=O)(=O)N3CCCC3)cc2)c1. The first-order valence-electron chi connectivity index (χ1n) is 9.15. The van der Waals surface area contributed by atoms with Gasteiger partial charge >= 0.3 is 0 Å². The average Bonchev–Trinajstić information content (AvgIpc) is 3.28. The number of hydrazone groups is 1. The van der Waals surface area contributed by atoms with Crippen LogP contribution in [0, 0.1) is 0 Å². The molecule has 2 aromatic carbocycles. The Morgan fingerprint density at radius 2 is 1.79 bits per heavy atom. The zero-order valence-electron chi connectivity index (χ0n) is 16.3. The minimum absolute atomic E-state index is 0.0118. The third-order valence-electron chi connectivity index (χ3n) is 4.74. The largest absolute Gasteiger partial charge is 0.507 e. The van der Waals surface area contributed by atoms with E-state index in [1.54, 1.807) is 19.1 Å². The van der Waals surface area contributed by atoms with Crippen LogP contribution in [0.4, 0.5) is 0 Å². The maximum Gasteiger partial charge on any atom is 0.271 e. The van der Waals surface area contributed by atoms with Crippen LogP contribution < -0.4 is 10.2 Å². The summed E-state index contributed by atoms with van der Waals surface area (Å²) in [6.45, 7) is 2.69. The number of nitrogens with zero attached hydrogens (tertiary/aromatic N) is 2. The number of amides is 1. The smallest absolute Gasteiger partial charge is 0.271 e. The lowest BCUT2D eigenvalue weighted by atomic mass is 10.1. The average molecular weight is 417 g/mol. The van der Waals surface area contributed by atoms with Gasteiger partial charge in [-0.1, -0.05) is 0 Å². The highest BCUT2D eigenvalue weighted by Gasteiger charge is 2.27. The number of hydrogen-bond acceptors (Lipinski definition) is 6. The molecule has 3 rings (SSSR count). The summed E-state index contributed by atoms with van der Waals surface area (Å²) in [4.78, 5) is 12.5. The molecule has 0 spiro atoms. The number of carbonyl (C=O) groups excluding carboxylic acids is 1. The summed E-state index contributed by atoms with van der Waals surface area (Å²) in [6.07, 6.45) is 1.72. The Hall–Kier alpha value is -2.91. The van der Waals surface area contributed by atoms with E-state index in [2.05, 4.69) is 10.5 Å². The Morgan fingerprint density at radius 1 is 1.14 bits per heavy atom. The second-order valence-corrected chi connectivity index (χ2v) is 8.59. The molecular formula is C20H23N3O5S. The van der Waals surface area contributed by atoms with Crippen molar-refractivity contribution in [3.05, 3.63) is 53.6 Å². The summed E-state index contributed by atoms with van der Waals surface area (Å²) in [5.74, 6) is 0.0723. The lowest BCUT2D eigenvalue weighted by Crippen LogP contribution is -2.28. The minimum Gasteiger partial charge on any atom is -0.507 e. The first kappa shape index (κ1) is 20.8. The van der Waals surface area contributed by atoms with Crippen molar-refractivity contribution in [3.63, 3.8) is 0 Å². The minimum atomic E-state index is -3.52. The molecule has 1 aliphatic rings. The molecule has 0 aliphatic carbocycles. The van der Waals surface area contributed by atoms with Gasteiger partial charge in [-0.05, 0) is 62.2 Å². The van der Waals surface area contributed by atoms with E-state index in [4.69, 9.17) is 4.74 Å². The third-order valence-corrected chi connectivity index (χ3v) is 6.65. The molecule has 1 saturated heterocycles. The topological polar surface area (TPSA) is 108 Å². The molecule has 0 radical (unpaired) electrons. The van der Waals surface area contributed by atoms with Crippen molar-refractivity contribution in [1.82, 2.24) is 9.73 Å². The number of benzene rings is 2. The molecule has 0 unspecified atom stereocenters. The lowest BCUT2D eigenvalue weighted by molar-refractivity contribution is 0.0954. The van der Waals surface area contributed by atoms with Crippen LogP contribution in [0.15, 0.2) is 52.5 Å². The molecule has 29 heavy (non-hydrogen) atoms. The van der Waals surface area contributed by atoms with Crippen molar-refractivity contribution >= 4 is 21.6 Å². The predicted octanol–water partition coefficient (Wildman–Crippen LogP) is 2.34. The number of methoxy groups -OCH3 is 1. The highest BCUT2D eigenvalue weighted by Crippen LogP contribution is 2.24. The van der Waals surface area contributed by atoms with E-state index in [9.17, 15) is 18.3 Å². The highest BCUT2D eigenvalue weighted by molar-refractivity contribution is 7.89. The fraction of sp³-hybridized carbons (Fsp3) is 0.300. The number of nitrogens with one attached hydrogen (secondary N) is 1. The van der Waals surface area contributed by atoms with E-state index >= 15 is 0 Å². The van der Waals surface area contributed by atoms with Crippen LogP contribution in [0.5, 0.6) is 11.5 Å². The Balaban J connectivity index is 1.72. The van der Waals surface area contributed by atoms with Gasteiger partial charge in [-0.3, -0.25) is 4.79 Å². The number of phenolic OH excluding ortho intramolecular Hbond substituents is 1. The molecular weight excluding hydrogens is 394 g/mol. The van der Waals surface area contributed by atoms with Gasteiger partial charge < -0.3 is 9.84 Å². The zero-order valence-corrected chi connectivity index (χ0v) is 17.1. The molecule has 2 N–H and O–H groups in total. The Morgan fingerprint density at radius 3 is 2.41 bits per heavy atom. The van der Waals surface area contributed by atoms with Crippen molar-refractivity contribution in [3.8, 4) is 11.5 Å². The molecule has 8 nitrogen and oxygen atoms in total. The Labute approximate surface area is 169 Å². The van der Waals surface area contributed by atoms with Gasteiger partial charge in [0.15, 0.2) is 0 Å². The second kappa shape index (κ2) is 8.62. The van der Waals surface area contributed by atoms with Gasteiger partial charge in [-0.2, -0.15) is 9.41 Å². The number of ether oxygens (including phenoxy) is 1. The van der Waals surface area contributed by atoms with Crippen molar-refractivity contribution in [2.45, 2.75) is 24.7 Å². The molecule has 1 fully saturated rings. The molecule has 1 heterocycles. The first-order valence-corrected chi connectivity index (χ1v) is 10.6. The zero-order chi connectivity index (χ0) is 21.0. The molecule has 154 valence electrons. The van der Waals surface area contributed by atoms with Crippen LogP contribution in [0.2, 0.25) is 0 Å². The summed E-state index contributed by atoms with van der Waals surface area (Å²) >= 11 is 0. The van der Waals surface area contributed by atoms with Crippen LogP contribution in [0.25, 0.3) is 0 Å². The summed E-state index contributed by atoms with van der Waals surface area (Å²) in [5.41, 5.74) is 3.51. The van der Waals surface area contributed by atoms with E-state index in [1.807, 2.05) is 0 Å². The number of carbonyl (C=O) groups is 1. The molecule has 0 bridgehead atoms. The van der Waals surface area contributed by atoms with Gasteiger partial charge in [0.1, 0.15) is 11.5 Å². The maximum absolute atomic E-state index is 12.5. The predicted molar refractivity (Wildman–Crippen MR) is 109 cm³/mol. The van der Waals surface area contributed by atoms with Crippen LogP contribution in [-0.2, 0) is 10.0 Å². The highest BCUT2D eigenvalue weighted by atomic mass is 32.2. The van der Waals surface area contributed by atoms with E-state index in [1.165, 1.54) is 41.7 Å². The van der Waals surface area contributed by atoms with Crippen molar-refractivity contribution in [2.75, 3.05) is 20.2 Å². The molecule has 0 saturated carbocycles. The summed E-state index contributed by atoms with van der Waals surface area (Å²) in [7, 11) is -2.01. The standard InChI is InChI=1S/C20H23N3O5S/c1-14(18-13-16(28-2)7-10-19(18)24)21-22-20(25)15-5-8-17(9-6-15)29(26,27)23-11-3-4-12-23/h5-10,13,24H,3-4,11-12H2,1-2H3,(H,22,25)/b21-14+. The van der Waals surface area contributed by atoms with Gasteiger partial charge in [0, 0.05) is 24.2 Å². The van der Waals surface area contributed by atoms with Crippen LogP contribution in [-0.4, -0.2) is 49.6 Å². The van der Waals surface area contributed by atoms with Crippen LogP contribution in [0.3, 0.4) is 0 Å². The second-order valence-electron chi connectivity index (χ2n) is 6.66. The van der Waals surface area contributed by atoms with Crippen molar-refractivity contribution in [2.24, 2.45) is 5.10 Å². The maximum atomic E-state index is 12.5. The van der Waals surface area contributed by atoms with Gasteiger partial charge in [0.05, 0.1) is 17.7 Å². The summed E-state index contributed by atoms with van der Waals surface area (Å²) in [5, 5.41) is 14.0. The number of aromatic hydroxyl groups is 1. The van der Waals surface area contributed by atoms with E-state index in [0.717, 1.165) is 12.8 Å². The monoisotopic (exact) mass is 417 g/mol. The summed E-state index contributed by atoms with van der Waals surface area (Å²) < 4.78 is 31.7. The Kier molecular flexibility index (Phi) is 6.19. The first-order chi connectivity index (χ1) is 13.8. The van der Waals surface area contributed by atoms with Gasteiger partial charge in [-0.25, -0.2) is 13.8 Å². The normalized spacial score (nSPS) is 15.3. The third kappa shape index (κ3) is 4.57. The number of phenols is 1. The molecule has 0 atom stereocenters. The number of sulfonamides is 1. The summed E-state index contributed by atoms with van der Waals surface area (Å²) in [6, 6.07) is 10.5. The van der Waals surface area contributed by atoms with E-state index in [0.29, 0.717) is 30.1 Å². The lowest BCUT2D eigenvalue weighted by Gasteiger charge is -2.15. The molecule has 0 aromatic heterocycles. The van der Waals surface area contributed by atoms with E-state index in [-0.39, 0.29) is 16.2 Å². The van der Waals surface area contributed by atoms with Crippen LogP contribution in [0.1, 0.15) is 35.7 Å². The van der Waals surface area contributed by atoms with E-state index < -0.39 is 15.9 Å². The van der Waals surface area contributed by atoms with Crippen molar-refractivity contribution in [1.29, 1.82) is 0 Å². The molecule has 2 aromatic rings. The van der Waals surface area contributed by atoms with Crippen LogP contribution >= 0.6 is 0 Å². The van der Waals surface area contributed by atoms with Gasteiger partial charge in [0.25, 0.3) is 5.91 Å². The molecule has 9 heteroatoms. The van der Waals surface area contributed by atoms with Gasteiger partial charge in [-0.15, -0.1) is 0 Å². The fourth-order valence-electron chi connectivity index (χ4n) is 3.05. The molecule has 1 aliphatic heterocycles. The number of rotatable bonds is 6. The Bertz CT molecular complexity index is 1030.